The van der Waals surface area contributed by atoms with Gasteiger partial charge in [0.05, 0.1) is 19.2 Å². The molecule has 2 N–H and O–H groups in total. The van der Waals surface area contributed by atoms with Crippen LogP contribution in [0.4, 0.5) is 0 Å². The number of rotatable bonds is 1. The molecule has 4 nitrogen and oxygen atoms in total. The fourth-order valence-electron chi connectivity index (χ4n) is 1.61. The smallest absolute Gasteiger partial charge is 0.200 e. The molecular formula is C15H10O4. The van der Waals surface area contributed by atoms with Crippen LogP contribution >= 0.6 is 0 Å². The number of benzene rings is 2. The Balaban J connectivity index is 2.46. The maximum atomic E-state index is 12.7. The first kappa shape index (κ1) is 6.43. The van der Waals surface area contributed by atoms with Crippen molar-refractivity contribution < 1.29 is 22.9 Å². The van der Waals surface area contributed by atoms with Crippen molar-refractivity contribution >= 4 is 11.0 Å². The maximum Gasteiger partial charge on any atom is 0.200 e. The summed E-state index contributed by atoms with van der Waals surface area (Å²) in [5, 5.41) is 19.0. The molecular weight excluding hydrogens is 244 g/mol. The van der Waals surface area contributed by atoms with Gasteiger partial charge in [0.15, 0.2) is 5.43 Å². The van der Waals surface area contributed by atoms with Crippen molar-refractivity contribution in [2.24, 2.45) is 0 Å². The minimum atomic E-state index is -0.837. The molecule has 94 valence electrons. The van der Waals surface area contributed by atoms with Gasteiger partial charge in [0.25, 0.3) is 0 Å². The summed E-state index contributed by atoms with van der Waals surface area (Å²) in [6, 6.07) is -2.67. The summed E-state index contributed by atoms with van der Waals surface area (Å²) >= 11 is 0. The van der Waals surface area contributed by atoms with E-state index in [9.17, 15) is 15.0 Å². The number of hydrogen-bond acceptors (Lipinski definition) is 4. The summed E-state index contributed by atoms with van der Waals surface area (Å²) in [5.41, 5.74) is -1.73. The summed E-state index contributed by atoms with van der Waals surface area (Å²) in [6.07, 6.45) is 0.868. The van der Waals surface area contributed by atoms with Gasteiger partial charge in [0.1, 0.15) is 23.3 Å². The van der Waals surface area contributed by atoms with E-state index >= 15 is 0 Å². The number of fused-ring (bicyclic) bond motifs is 1. The third-order valence-corrected chi connectivity index (χ3v) is 2.49. The van der Waals surface area contributed by atoms with Gasteiger partial charge >= 0.3 is 0 Å². The van der Waals surface area contributed by atoms with Crippen LogP contribution in [0.2, 0.25) is 0 Å². The van der Waals surface area contributed by atoms with Crippen molar-refractivity contribution in [1.82, 2.24) is 0 Å². The van der Waals surface area contributed by atoms with E-state index in [1.54, 1.807) is 0 Å². The molecule has 0 saturated carbocycles. The third kappa shape index (κ3) is 1.93. The van der Waals surface area contributed by atoms with Gasteiger partial charge in [-0.2, -0.15) is 0 Å². The van der Waals surface area contributed by atoms with Crippen LogP contribution in [0.25, 0.3) is 22.1 Å². The molecule has 0 aliphatic carbocycles. The lowest BCUT2D eigenvalue weighted by atomic mass is 10.1. The van der Waals surface area contributed by atoms with Gasteiger partial charge < -0.3 is 14.6 Å². The molecule has 0 aliphatic heterocycles. The molecule has 0 aliphatic rings. The molecule has 0 amide bonds. The van der Waals surface area contributed by atoms with Crippen LogP contribution < -0.4 is 5.43 Å². The first-order valence-electron chi connectivity index (χ1n) is 8.21. The molecule has 19 heavy (non-hydrogen) atoms. The predicted molar refractivity (Wildman–Crippen MR) is 71.2 cm³/mol. The SMILES string of the molecule is [2H]c1cc2c(=O)c(-c3c([2H])c([2H])c(O)c([2H])c3[2H])coc2c([2H])c1O. The number of hydrogen-bond donors (Lipinski definition) is 2. The molecule has 3 aromatic rings. The van der Waals surface area contributed by atoms with E-state index in [1.165, 1.54) is 0 Å². The molecule has 0 atom stereocenters. The molecule has 1 heterocycles. The van der Waals surface area contributed by atoms with E-state index in [1.807, 2.05) is 0 Å². The quantitative estimate of drug-likeness (QED) is 0.705. The Labute approximate surface area is 116 Å². The van der Waals surface area contributed by atoms with Crippen LogP contribution in [0.5, 0.6) is 11.5 Å². The van der Waals surface area contributed by atoms with Crippen molar-refractivity contribution in [1.29, 1.82) is 0 Å². The lowest BCUT2D eigenvalue weighted by Gasteiger charge is -2.03. The topological polar surface area (TPSA) is 70.7 Å². The highest BCUT2D eigenvalue weighted by atomic mass is 16.3. The average molecular weight is 260 g/mol. The highest BCUT2D eigenvalue weighted by Gasteiger charge is 2.09. The van der Waals surface area contributed by atoms with E-state index in [-0.39, 0.29) is 22.1 Å². The van der Waals surface area contributed by atoms with Gasteiger partial charge in [0, 0.05) is 6.04 Å². The highest BCUT2D eigenvalue weighted by molar-refractivity contribution is 5.82. The van der Waals surface area contributed by atoms with Gasteiger partial charge in [0.2, 0.25) is 0 Å². The van der Waals surface area contributed by atoms with Gasteiger partial charge in [-0.25, -0.2) is 0 Å². The van der Waals surface area contributed by atoms with Crippen LogP contribution in [-0.2, 0) is 0 Å². The molecule has 4 heteroatoms. The van der Waals surface area contributed by atoms with Gasteiger partial charge in [-0.05, 0) is 29.8 Å². The summed E-state index contributed by atoms with van der Waals surface area (Å²) in [4.78, 5) is 12.7. The second-order valence-corrected chi connectivity index (χ2v) is 3.71. The molecule has 1 aromatic heterocycles. The van der Waals surface area contributed by atoms with E-state index < -0.39 is 53.2 Å². The largest absolute Gasteiger partial charge is 0.508 e. The first-order chi connectivity index (χ1) is 11.7. The van der Waals surface area contributed by atoms with Crippen LogP contribution in [0.1, 0.15) is 8.22 Å². The minimum Gasteiger partial charge on any atom is -0.508 e. The summed E-state index contributed by atoms with van der Waals surface area (Å²) in [7, 11) is 0. The standard InChI is InChI=1S/C15H10O4/c16-10-3-1-9(2-4-10)13-8-19-14-7-11(17)5-6-12(14)15(13)18/h1-8,16-17H/i1D,2D,3D,4D,5D,7D. The fraction of sp³-hybridized carbons (Fsp3) is 0. The fourth-order valence-corrected chi connectivity index (χ4v) is 1.61. The maximum absolute atomic E-state index is 12.7. The zero-order valence-corrected chi connectivity index (χ0v) is 9.37. The van der Waals surface area contributed by atoms with Crippen LogP contribution in [0.3, 0.4) is 0 Å². The molecule has 0 fully saturated rings. The lowest BCUT2D eigenvalue weighted by Crippen LogP contribution is -2.04. The van der Waals surface area contributed by atoms with Crippen LogP contribution in [0.15, 0.2) is 57.8 Å². The second kappa shape index (κ2) is 4.17. The minimum absolute atomic E-state index is 0.213. The molecule has 0 unspecified atom stereocenters. The molecule has 0 saturated heterocycles. The summed E-state index contributed by atoms with van der Waals surface area (Å²) in [5.74, 6) is -1.49. The monoisotopic (exact) mass is 260 g/mol. The highest BCUT2D eigenvalue weighted by Crippen LogP contribution is 2.23. The van der Waals surface area contributed by atoms with Crippen molar-refractivity contribution in [3.63, 3.8) is 0 Å². The molecule has 2 aromatic carbocycles. The Bertz CT molecular complexity index is 1080. The van der Waals surface area contributed by atoms with Gasteiger partial charge in [-0.15, -0.1) is 0 Å². The van der Waals surface area contributed by atoms with Crippen molar-refractivity contribution in [2.45, 2.75) is 0 Å². The normalized spacial score (nSPS) is 15.2. The van der Waals surface area contributed by atoms with E-state index in [0.717, 1.165) is 12.3 Å². The van der Waals surface area contributed by atoms with Crippen molar-refractivity contribution in [2.75, 3.05) is 0 Å². The third-order valence-electron chi connectivity index (χ3n) is 2.49. The van der Waals surface area contributed by atoms with Crippen molar-refractivity contribution in [3.8, 4) is 22.6 Å². The zero-order chi connectivity index (χ0) is 18.6. The lowest BCUT2D eigenvalue weighted by molar-refractivity contribution is 0.473. The molecule has 0 radical (unpaired) electrons. The second-order valence-electron chi connectivity index (χ2n) is 3.71. The van der Waals surface area contributed by atoms with E-state index in [0.29, 0.717) is 0 Å². The van der Waals surface area contributed by atoms with Gasteiger partial charge in [-0.1, -0.05) is 12.1 Å². The first-order valence-corrected chi connectivity index (χ1v) is 5.21. The number of phenols is 2. The number of aromatic hydroxyl groups is 2. The predicted octanol–water partition coefficient (Wildman–Crippen LogP) is 2.87. The van der Waals surface area contributed by atoms with Crippen LogP contribution in [0, 0.1) is 0 Å². The van der Waals surface area contributed by atoms with Gasteiger partial charge in [-0.3, -0.25) is 4.79 Å². The summed E-state index contributed by atoms with van der Waals surface area (Å²) < 4.78 is 51.5. The number of phenolic OH excluding ortho intramolecular Hbond substituents is 2. The Morgan fingerprint density at radius 1 is 1.05 bits per heavy atom. The van der Waals surface area contributed by atoms with Crippen molar-refractivity contribution in [3.05, 3.63) is 58.8 Å². The Kier molecular flexibility index (Phi) is 1.41. The van der Waals surface area contributed by atoms with E-state index in [4.69, 9.17) is 12.6 Å². The Morgan fingerprint density at radius 3 is 2.53 bits per heavy atom. The average Bonchev–Trinajstić information content (AvgIpc) is 2.59. The summed E-state index contributed by atoms with van der Waals surface area (Å²) in [6.45, 7) is 0. The molecule has 0 spiro atoms. The van der Waals surface area contributed by atoms with Crippen LogP contribution in [-0.4, -0.2) is 10.2 Å². The molecule has 3 rings (SSSR count). The zero-order valence-electron chi connectivity index (χ0n) is 15.4. The Hall–Kier alpha value is -2.75. The van der Waals surface area contributed by atoms with E-state index in [2.05, 4.69) is 0 Å². The molecule has 0 bridgehead atoms. The Morgan fingerprint density at radius 2 is 1.79 bits per heavy atom.